The molecule has 1 aromatic carbocycles. The van der Waals surface area contributed by atoms with E-state index in [1.165, 1.54) is 6.42 Å². The van der Waals surface area contributed by atoms with Crippen molar-refractivity contribution in [1.29, 1.82) is 0 Å². The van der Waals surface area contributed by atoms with Gasteiger partial charge in [-0.1, -0.05) is 20.8 Å². The number of benzene rings is 1. The number of fused-ring (bicyclic) bond motifs is 1. The fourth-order valence-corrected chi connectivity index (χ4v) is 3.92. The van der Waals surface area contributed by atoms with Gasteiger partial charge in [0.25, 0.3) is 0 Å². The zero-order chi connectivity index (χ0) is 19.2. The minimum atomic E-state index is -0.501. The lowest BCUT2D eigenvalue weighted by atomic mass is 9.92. The van der Waals surface area contributed by atoms with Gasteiger partial charge in [0.05, 0.1) is 5.69 Å². The lowest BCUT2D eigenvalue weighted by Gasteiger charge is -2.25. The van der Waals surface area contributed by atoms with Gasteiger partial charge in [0.15, 0.2) is 0 Å². The average Bonchev–Trinajstić information content (AvgIpc) is 3.05. The van der Waals surface area contributed by atoms with Crippen LogP contribution in [0.3, 0.4) is 0 Å². The van der Waals surface area contributed by atoms with Crippen LogP contribution in [0.4, 0.5) is 14.6 Å². The van der Waals surface area contributed by atoms with E-state index in [1.807, 2.05) is 0 Å². The third-order valence-electron chi connectivity index (χ3n) is 5.63. The van der Waals surface area contributed by atoms with Crippen LogP contribution in [0.25, 0.3) is 11.3 Å². The highest BCUT2D eigenvalue weighted by atomic mass is 19.1. The Balaban J connectivity index is 1.32. The molecule has 3 atom stereocenters. The van der Waals surface area contributed by atoms with Crippen molar-refractivity contribution in [3.05, 3.63) is 42.0 Å². The van der Waals surface area contributed by atoms with Gasteiger partial charge in [-0.25, -0.2) is 8.78 Å². The van der Waals surface area contributed by atoms with Gasteiger partial charge in [0, 0.05) is 24.7 Å². The van der Waals surface area contributed by atoms with Gasteiger partial charge in [0.2, 0.25) is 0 Å². The van der Waals surface area contributed by atoms with E-state index in [1.54, 1.807) is 12.1 Å². The van der Waals surface area contributed by atoms with Gasteiger partial charge < -0.3 is 10.2 Å². The summed E-state index contributed by atoms with van der Waals surface area (Å²) in [5.41, 5.74) is 0.844. The fraction of sp³-hybridized carbons (Fsp3) is 0.524. The SMILES string of the molecule is CC(C)(C)CCN1C[C@@H]2C(Nc3ccc(-c4cc(F)ccc4F)nn3)[C@@H]2C1. The van der Waals surface area contributed by atoms with Crippen molar-refractivity contribution in [1.82, 2.24) is 15.1 Å². The first-order valence-electron chi connectivity index (χ1n) is 9.58. The maximum atomic E-state index is 13.9. The number of likely N-dealkylation sites (tertiary alicyclic amines) is 1. The molecule has 0 radical (unpaired) electrons. The maximum Gasteiger partial charge on any atom is 0.148 e. The molecule has 2 heterocycles. The normalized spacial score (nSPS) is 24.7. The van der Waals surface area contributed by atoms with Crippen LogP contribution in [0, 0.1) is 28.9 Å². The molecule has 0 amide bonds. The molecule has 4 nitrogen and oxygen atoms in total. The zero-order valence-corrected chi connectivity index (χ0v) is 16.0. The molecule has 4 rings (SSSR count). The van der Waals surface area contributed by atoms with Crippen molar-refractivity contribution in [3.63, 3.8) is 0 Å². The molecule has 2 aliphatic rings. The van der Waals surface area contributed by atoms with E-state index in [0.29, 0.717) is 34.8 Å². The number of aromatic nitrogens is 2. The summed E-state index contributed by atoms with van der Waals surface area (Å²) in [5, 5.41) is 11.7. The summed E-state index contributed by atoms with van der Waals surface area (Å²) in [6.45, 7) is 10.3. The van der Waals surface area contributed by atoms with E-state index < -0.39 is 11.6 Å². The van der Waals surface area contributed by atoms with Crippen LogP contribution < -0.4 is 5.32 Å². The first-order valence-corrected chi connectivity index (χ1v) is 9.58. The predicted octanol–water partition coefficient (Wildman–Crippen LogP) is 4.20. The number of nitrogens with one attached hydrogen (secondary N) is 1. The number of rotatable bonds is 5. The molecule has 1 aliphatic heterocycles. The van der Waals surface area contributed by atoms with Crippen molar-refractivity contribution in [3.8, 4) is 11.3 Å². The molecule has 144 valence electrons. The highest BCUT2D eigenvalue weighted by Gasteiger charge is 2.55. The summed E-state index contributed by atoms with van der Waals surface area (Å²) >= 11 is 0. The van der Waals surface area contributed by atoms with Crippen molar-refractivity contribution in [2.45, 2.75) is 33.2 Å². The van der Waals surface area contributed by atoms with E-state index in [0.717, 1.165) is 37.8 Å². The van der Waals surface area contributed by atoms with Crippen LogP contribution in [0.2, 0.25) is 0 Å². The minimum absolute atomic E-state index is 0.131. The second-order valence-electron chi connectivity index (χ2n) is 9.00. The summed E-state index contributed by atoms with van der Waals surface area (Å²) in [4.78, 5) is 2.56. The van der Waals surface area contributed by atoms with Gasteiger partial charge in [0.1, 0.15) is 17.5 Å². The highest BCUT2D eigenvalue weighted by Crippen LogP contribution is 2.47. The van der Waals surface area contributed by atoms with E-state index >= 15 is 0 Å². The number of hydrogen-bond donors (Lipinski definition) is 1. The first kappa shape index (κ1) is 18.3. The second-order valence-corrected chi connectivity index (χ2v) is 9.00. The van der Waals surface area contributed by atoms with Crippen LogP contribution in [0.15, 0.2) is 30.3 Å². The Hall–Kier alpha value is -2.08. The van der Waals surface area contributed by atoms with Crippen LogP contribution in [-0.2, 0) is 0 Å². The van der Waals surface area contributed by atoms with Gasteiger partial charge in [-0.3, -0.25) is 0 Å². The first-order chi connectivity index (χ1) is 12.8. The molecule has 27 heavy (non-hydrogen) atoms. The molecule has 1 N–H and O–H groups in total. The molecule has 1 saturated carbocycles. The number of halogens is 2. The Labute approximate surface area is 159 Å². The molecular formula is C21H26F2N4. The molecule has 1 aliphatic carbocycles. The maximum absolute atomic E-state index is 13.9. The van der Waals surface area contributed by atoms with Crippen LogP contribution in [0.5, 0.6) is 0 Å². The van der Waals surface area contributed by atoms with E-state index in [-0.39, 0.29) is 5.56 Å². The van der Waals surface area contributed by atoms with Crippen molar-refractivity contribution < 1.29 is 8.78 Å². The molecule has 0 spiro atoms. The van der Waals surface area contributed by atoms with Crippen molar-refractivity contribution in [2.75, 3.05) is 25.0 Å². The van der Waals surface area contributed by atoms with Crippen molar-refractivity contribution in [2.24, 2.45) is 17.3 Å². The quantitative estimate of drug-likeness (QED) is 0.854. The number of piperidine rings is 1. The van der Waals surface area contributed by atoms with Crippen molar-refractivity contribution >= 4 is 5.82 Å². The molecule has 1 unspecified atom stereocenters. The number of anilines is 1. The Kier molecular flexibility index (Phi) is 4.62. The van der Waals surface area contributed by atoms with Gasteiger partial charge in [-0.2, -0.15) is 0 Å². The molecule has 6 heteroatoms. The number of hydrogen-bond acceptors (Lipinski definition) is 4. The summed E-state index contributed by atoms with van der Waals surface area (Å²) in [6, 6.07) is 7.26. The molecule has 0 bridgehead atoms. The van der Waals surface area contributed by atoms with Gasteiger partial charge >= 0.3 is 0 Å². The minimum Gasteiger partial charge on any atom is -0.365 e. The Morgan fingerprint density at radius 2 is 1.81 bits per heavy atom. The molecule has 1 aromatic heterocycles. The summed E-state index contributed by atoms with van der Waals surface area (Å²) in [5.74, 6) is 1.05. The van der Waals surface area contributed by atoms with E-state index in [2.05, 4.69) is 41.2 Å². The van der Waals surface area contributed by atoms with Crippen LogP contribution in [-0.4, -0.2) is 40.8 Å². The molecule has 2 aromatic rings. The summed E-state index contributed by atoms with van der Waals surface area (Å²) in [7, 11) is 0. The Morgan fingerprint density at radius 1 is 1.07 bits per heavy atom. The lowest BCUT2D eigenvalue weighted by Crippen LogP contribution is -2.30. The van der Waals surface area contributed by atoms with Gasteiger partial charge in [-0.05, 0) is 60.5 Å². The third-order valence-corrected chi connectivity index (χ3v) is 5.63. The molecule has 1 saturated heterocycles. The highest BCUT2D eigenvalue weighted by molar-refractivity contribution is 5.60. The smallest absolute Gasteiger partial charge is 0.148 e. The topological polar surface area (TPSA) is 41.0 Å². The van der Waals surface area contributed by atoms with Crippen LogP contribution in [0.1, 0.15) is 27.2 Å². The molecular weight excluding hydrogens is 346 g/mol. The summed E-state index contributed by atoms with van der Waals surface area (Å²) < 4.78 is 27.2. The van der Waals surface area contributed by atoms with Gasteiger partial charge in [-0.15, -0.1) is 10.2 Å². The standard InChI is InChI=1S/C21H26F2N4/c1-21(2,3)8-9-27-11-15-16(12-27)20(15)24-19-7-6-18(25-26-19)14-10-13(22)4-5-17(14)23/h4-7,10,15-16,20H,8-9,11-12H2,1-3H3,(H,24,26)/t15-,16+,20?. The third kappa shape index (κ3) is 4.10. The largest absolute Gasteiger partial charge is 0.365 e. The van der Waals surface area contributed by atoms with E-state index in [9.17, 15) is 8.78 Å². The predicted molar refractivity (Wildman–Crippen MR) is 102 cm³/mol. The summed E-state index contributed by atoms with van der Waals surface area (Å²) in [6.07, 6.45) is 1.22. The molecule has 2 fully saturated rings. The fourth-order valence-electron chi connectivity index (χ4n) is 3.92. The Morgan fingerprint density at radius 3 is 2.44 bits per heavy atom. The monoisotopic (exact) mass is 372 g/mol. The zero-order valence-electron chi connectivity index (χ0n) is 16.0. The van der Waals surface area contributed by atoms with Crippen LogP contribution >= 0.6 is 0 Å². The Bertz CT molecular complexity index is 804. The average molecular weight is 372 g/mol. The number of nitrogens with zero attached hydrogens (tertiary/aromatic N) is 3. The second kappa shape index (κ2) is 6.82. The lowest BCUT2D eigenvalue weighted by molar-refractivity contribution is 0.245. The van der Waals surface area contributed by atoms with E-state index in [4.69, 9.17) is 0 Å².